The topological polar surface area (TPSA) is 52.6 Å². The van der Waals surface area contributed by atoms with Gasteiger partial charge in [-0.3, -0.25) is 9.59 Å². The van der Waals surface area contributed by atoms with Crippen LogP contribution in [0.4, 0.5) is 0 Å². The number of esters is 2. The predicted octanol–water partition coefficient (Wildman–Crippen LogP) is 7.13. The number of halogens is 1. The molecule has 0 atom stereocenters. The van der Waals surface area contributed by atoms with E-state index in [1.165, 1.54) is 57.8 Å². The third-order valence-electron chi connectivity index (χ3n) is 4.83. The van der Waals surface area contributed by atoms with Crippen LogP contribution < -0.4 is 0 Å². The van der Waals surface area contributed by atoms with Crippen LogP contribution >= 0.6 is 15.9 Å². The summed E-state index contributed by atoms with van der Waals surface area (Å²) >= 11 is 3.38. The highest BCUT2D eigenvalue weighted by atomic mass is 79.9. The van der Waals surface area contributed by atoms with Gasteiger partial charge in [0.2, 0.25) is 0 Å². The van der Waals surface area contributed by atoms with Crippen molar-refractivity contribution in [1.82, 2.24) is 0 Å². The number of ether oxygens (including phenoxy) is 2. The monoisotopic (exact) mass is 468 g/mol. The van der Waals surface area contributed by atoms with E-state index in [1.807, 2.05) is 24.3 Å². The normalized spacial score (nSPS) is 10.7. The molecule has 5 heteroatoms. The number of carbonyl (C=O) groups excluding carboxylic acids is 2. The molecule has 0 saturated carbocycles. The number of benzene rings is 1. The summed E-state index contributed by atoms with van der Waals surface area (Å²) in [6, 6.07) is 7.59. The summed E-state index contributed by atoms with van der Waals surface area (Å²) in [6.07, 6.45) is 14.1. The molecule has 0 spiro atoms. The van der Waals surface area contributed by atoms with Gasteiger partial charge in [0.1, 0.15) is 6.61 Å². The molecule has 0 fully saturated rings. The molecule has 0 aliphatic rings. The predicted molar refractivity (Wildman–Crippen MR) is 121 cm³/mol. The molecule has 1 aromatic carbocycles. The average Bonchev–Trinajstić information content (AvgIpc) is 2.71. The van der Waals surface area contributed by atoms with Crippen LogP contribution in [0, 0.1) is 0 Å². The van der Waals surface area contributed by atoms with Crippen molar-refractivity contribution in [1.29, 1.82) is 0 Å². The van der Waals surface area contributed by atoms with Crippen molar-refractivity contribution < 1.29 is 19.1 Å². The zero-order chi connectivity index (χ0) is 21.2. The van der Waals surface area contributed by atoms with E-state index >= 15 is 0 Å². The Balaban J connectivity index is 1.90. The maximum atomic E-state index is 11.7. The third kappa shape index (κ3) is 15.2. The fraction of sp³-hybridized carbons (Fsp3) is 0.667. The number of rotatable bonds is 17. The van der Waals surface area contributed by atoms with Crippen LogP contribution in [0.1, 0.15) is 96.0 Å². The first-order valence-corrected chi connectivity index (χ1v) is 12.0. The van der Waals surface area contributed by atoms with Crippen molar-refractivity contribution in [3.05, 3.63) is 34.3 Å². The van der Waals surface area contributed by atoms with E-state index in [-0.39, 0.29) is 31.4 Å². The Kier molecular flexibility index (Phi) is 15.5. The molecular weight excluding hydrogens is 432 g/mol. The zero-order valence-electron chi connectivity index (χ0n) is 17.9. The lowest BCUT2D eigenvalue weighted by Crippen LogP contribution is -2.11. The lowest BCUT2D eigenvalue weighted by atomic mass is 10.1. The fourth-order valence-corrected chi connectivity index (χ4v) is 3.54. The Morgan fingerprint density at radius 2 is 1.34 bits per heavy atom. The van der Waals surface area contributed by atoms with Crippen molar-refractivity contribution in [3.63, 3.8) is 0 Å². The molecule has 0 N–H and O–H groups in total. The largest absolute Gasteiger partial charge is 0.466 e. The standard InChI is InChI=1S/C24H37BrO4/c1-2-3-4-5-6-7-8-9-10-11-12-18-28-23(26)16-17-24(27)29-20-21-14-13-15-22(25)19-21/h13-15,19H,2-12,16-18,20H2,1H3. The molecular formula is C24H37BrO4. The highest BCUT2D eigenvalue weighted by Crippen LogP contribution is 2.13. The molecule has 164 valence electrons. The van der Waals surface area contributed by atoms with Gasteiger partial charge in [0, 0.05) is 4.47 Å². The first kappa shape index (κ1) is 25.7. The Morgan fingerprint density at radius 3 is 1.93 bits per heavy atom. The number of hydrogen-bond acceptors (Lipinski definition) is 4. The van der Waals surface area contributed by atoms with Gasteiger partial charge < -0.3 is 9.47 Å². The van der Waals surface area contributed by atoms with Crippen molar-refractivity contribution in [2.45, 2.75) is 97.0 Å². The molecule has 1 aromatic rings. The van der Waals surface area contributed by atoms with Gasteiger partial charge in [0.25, 0.3) is 0 Å². The van der Waals surface area contributed by atoms with Crippen LogP contribution in [0.25, 0.3) is 0 Å². The van der Waals surface area contributed by atoms with Crippen LogP contribution in [0.2, 0.25) is 0 Å². The van der Waals surface area contributed by atoms with Gasteiger partial charge in [-0.1, -0.05) is 99.2 Å². The molecule has 29 heavy (non-hydrogen) atoms. The summed E-state index contributed by atoms with van der Waals surface area (Å²) in [5.41, 5.74) is 0.909. The quantitative estimate of drug-likeness (QED) is 0.180. The first-order valence-electron chi connectivity index (χ1n) is 11.2. The first-order chi connectivity index (χ1) is 14.1. The summed E-state index contributed by atoms with van der Waals surface area (Å²) in [5, 5.41) is 0. The van der Waals surface area contributed by atoms with Crippen molar-refractivity contribution in [3.8, 4) is 0 Å². The van der Waals surface area contributed by atoms with Crippen LogP contribution in [-0.4, -0.2) is 18.5 Å². The average molecular weight is 469 g/mol. The molecule has 4 nitrogen and oxygen atoms in total. The van der Waals surface area contributed by atoms with Gasteiger partial charge in [0.05, 0.1) is 19.4 Å². The van der Waals surface area contributed by atoms with Crippen LogP contribution in [0.15, 0.2) is 28.7 Å². The second-order valence-electron chi connectivity index (χ2n) is 7.55. The molecule has 1 rings (SSSR count). The van der Waals surface area contributed by atoms with E-state index in [4.69, 9.17) is 9.47 Å². The number of carbonyl (C=O) groups is 2. The molecule has 0 radical (unpaired) electrons. The minimum atomic E-state index is -0.378. The number of unbranched alkanes of at least 4 members (excludes halogenated alkanes) is 10. The Morgan fingerprint density at radius 1 is 0.793 bits per heavy atom. The van der Waals surface area contributed by atoms with E-state index in [0.29, 0.717) is 6.61 Å². The molecule has 0 aliphatic heterocycles. The van der Waals surface area contributed by atoms with E-state index < -0.39 is 0 Å². The van der Waals surface area contributed by atoms with Gasteiger partial charge in [-0.05, 0) is 24.1 Å². The second kappa shape index (κ2) is 17.5. The molecule has 0 aromatic heterocycles. The summed E-state index contributed by atoms with van der Waals surface area (Å²) in [7, 11) is 0. The maximum absolute atomic E-state index is 11.7. The minimum absolute atomic E-state index is 0.0606. The number of hydrogen-bond donors (Lipinski definition) is 0. The van der Waals surface area contributed by atoms with Gasteiger partial charge in [-0.25, -0.2) is 0 Å². The molecule has 0 heterocycles. The highest BCUT2D eigenvalue weighted by molar-refractivity contribution is 9.10. The zero-order valence-corrected chi connectivity index (χ0v) is 19.5. The van der Waals surface area contributed by atoms with Gasteiger partial charge >= 0.3 is 11.9 Å². The van der Waals surface area contributed by atoms with Crippen molar-refractivity contribution in [2.24, 2.45) is 0 Å². The van der Waals surface area contributed by atoms with Crippen molar-refractivity contribution >= 4 is 27.9 Å². The Labute approximate surface area is 184 Å². The SMILES string of the molecule is CCCCCCCCCCCCCOC(=O)CCC(=O)OCc1cccc(Br)c1. The highest BCUT2D eigenvalue weighted by Gasteiger charge is 2.09. The van der Waals surface area contributed by atoms with Gasteiger partial charge in [0.15, 0.2) is 0 Å². The summed E-state index contributed by atoms with van der Waals surface area (Å²) in [6.45, 7) is 2.91. The van der Waals surface area contributed by atoms with Crippen LogP contribution in [-0.2, 0) is 25.7 Å². The smallest absolute Gasteiger partial charge is 0.306 e. The van der Waals surface area contributed by atoms with Crippen LogP contribution in [0.5, 0.6) is 0 Å². The lowest BCUT2D eigenvalue weighted by Gasteiger charge is -2.06. The summed E-state index contributed by atoms with van der Waals surface area (Å²) < 4.78 is 11.3. The van der Waals surface area contributed by atoms with E-state index in [1.54, 1.807) is 0 Å². The summed E-state index contributed by atoms with van der Waals surface area (Å²) in [5.74, 6) is -0.701. The Hall–Kier alpha value is -1.36. The molecule has 0 aliphatic carbocycles. The van der Waals surface area contributed by atoms with E-state index in [9.17, 15) is 9.59 Å². The van der Waals surface area contributed by atoms with E-state index in [0.717, 1.165) is 22.9 Å². The van der Waals surface area contributed by atoms with E-state index in [2.05, 4.69) is 22.9 Å². The lowest BCUT2D eigenvalue weighted by molar-refractivity contribution is -0.151. The fourth-order valence-electron chi connectivity index (χ4n) is 3.09. The van der Waals surface area contributed by atoms with Gasteiger partial charge in [-0.2, -0.15) is 0 Å². The molecule has 0 saturated heterocycles. The van der Waals surface area contributed by atoms with Gasteiger partial charge in [-0.15, -0.1) is 0 Å². The Bertz CT molecular complexity index is 574. The second-order valence-corrected chi connectivity index (χ2v) is 8.46. The molecule has 0 amide bonds. The molecule has 0 bridgehead atoms. The maximum Gasteiger partial charge on any atom is 0.306 e. The van der Waals surface area contributed by atoms with Crippen molar-refractivity contribution in [2.75, 3.05) is 6.61 Å². The van der Waals surface area contributed by atoms with Crippen LogP contribution in [0.3, 0.4) is 0 Å². The third-order valence-corrected chi connectivity index (χ3v) is 5.33. The molecule has 0 unspecified atom stereocenters. The minimum Gasteiger partial charge on any atom is -0.466 e. The summed E-state index contributed by atoms with van der Waals surface area (Å²) in [4.78, 5) is 23.5.